The molecular formula is C62H99NO3. The highest BCUT2D eigenvalue weighted by Gasteiger charge is 2.17. The maximum absolute atomic E-state index is 12.4. The van der Waals surface area contributed by atoms with Crippen LogP contribution in [0.5, 0.6) is 0 Å². The highest BCUT2D eigenvalue weighted by atomic mass is 16.3. The third kappa shape index (κ3) is 51.0. The largest absolute Gasteiger partial charge is 0.394 e. The summed E-state index contributed by atoms with van der Waals surface area (Å²) in [5.74, 6) is -0.0962. The Morgan fingerprint density at radius 3 is 1.00 bits per heavy atom. The Morgan fingerprint density at radius 2 is 0.667 bits per heavy atom. The van der Waals surface area contributed by atoms with Crippen molar-refractivity contribution in [3.05, 3.63) is 158 Å². The molecule has 66 heavy (non-hydrogen) atoms. The van der Waals surface area contributed by atoms with Gasteiger partial charge in [0, 0.05) is 6.42 Å². The quantitative estimate of drug-likeness (QED) is 0.0421. The van der Waals surface area contributed by atoms with E-state index in [4.69, 9.17) is 0 Å². The van der Waals surface area contributed by atoms with Gasteiger partial charge in [-0.1, -0.05) is 249 Å². The van der Waals surface area contributed by atoms with Crippen LogP contribution in [-0.2, 0) is 4.79 Å². The number of amides is 1. The summed E-state index contributed by atoms with van der Waals surface area (Å²) in [7, 11) is 0. The number of nitrogens with one attached hydrogen (secondary N) is 1. The van der Waals surface area contributed by atoms with E-state index in [9.17, 15) is 15.0 Å². The molecule has 0 bridgehead atoms. The van der Waals surface area contributed by atoms with Crippen molar-refractivity contribution in [3.63, 3.8) is 0 Å². The first-order valence-corrected chi connectivity index (χ1v) is 26.7. The fourth-order valence-electron chi connectivity index (χ4n) is 6.98. The first kappa shape index (κ1) is 62.0. The molecule has 0 aromatic carbocycles. The van der Waals surface area contributed by atoms with Gasteiger partial charge in [-0.25, -0.2) is 0 Å². The molecular weight excluding hydrogens is 807 g/mol. The van der Waals surface area contributed by atoms with Crippen molar-refractivity contribution in [2.75, 3.05) is 6.61 Å². The van der Waals surface area contributed by atoms with Crippen LogP contribution < -0.4 is 5.32 Å². The topological polar surface area (TPSA) is 69.6 Å². The lowest BCUT2D eigenvalue weighted by Crippen LogP contribution is -2.45. The number of unbranched alkanes of at least 4 members (excludes halogenated alkanes) is 15. The van der Waals surface area contributed by atoms with E-state index < -0.39 is 12.1 Å². The highest BCUT2D eigenvalue weighted by molar-refractivity contribution is 5.76. The molecule has 0 rings (SSSR count). The van der Waals surface area contributed by atoms with Gasteiger partial charge in [-0.15, -0.1) is 0 Å². The summed E-state index contributed by atoms with van der Waals surface area (Å²) in [5.41, 5.74) is 0. The van der Waals surface area contributed by atoms with E-state index in [1.54, 1.807) is 6.08 Å². The molecule has 0 aromatic rings. The van der Waals surface area contributed by atoms with Crippen molar-refractivity contribution in [1.29, 1.82) is 0 Å². The zero-order valence-corrected chi connectivity index (χ0v) is 42.4. The van der Waals surface area contributed by atoms with Crippen LogP contribution in [0, 0.1) is 0 Å². The molecule has 0 spiro atoms. The number of hydrogen-bond donors (Lipinski definition) is 3. The maximum atomic E-state index is 12.4. The van der Waals surface area contributed by atoms with Gasteiger partial charge < -0.3 is 15.5 Å². The van der Waals surface area contributed by atoms with Gasteiger partial charge >= 0.3 is 0 Å². The number of rotatable bonds is 46. The van der Waals surface area contributed by atoms with Gasteiger partial charge in [-0.2, -0.15) is 0 Å². The molecule has 0 radical (unpaired) electrons. The number of allylic oxidation sites excluding steroid dienone is 25. The third-order valence-electron chi connectivity index (χ3n) is 11.0. The van der Waals surface area contributed by atoms with Crippen molar-refractivity contribution in [2.45, 2.75) is 219 Å². The SMILES string of the molecule is CC/C=C\C/C=C\C/C=C\C/C=C\C/C=C\C/C=C\C/C=C\C/C=C\C/C=C\C/C=C\C/C=C\C/C=C\CCCCCCC(=O)NC(CO)C(O)/C=C/CCCCCCCCCCCCC. The molecule has 0 fully saturated rings. The van der Waals surface area contributed by atoms with Crippen molar-refractivity contribution >= 4 is 5.91 Å². The van der Waals surface area contributed by atoms with Crippen molar-refractivity contribution in [3.8, 4) is 0 Å². The lowest BCUT2D eigenvalue weighted by molar-refractivity contribution is -0.123. The number of hydrogen-bond acceptors (Lipinski definition) is 3. The van der Waals surface area contributed by atoms with Gasteiger partial charge in [0.1, 0.15) is 0 Å². The Balaban J connectivity index is 3.72. The summed E-state index contributed by atoms with van der Waals surface area (Å²) in [6.45, 7) is 4.16. The molecule has 0 aliphatic rings. The van der Waals surface area contributed by atoms with Crippen molar-refractivity contribution in [2.24, 2.45) is 0 Å². The van der Waals surface area contributed by atoms with Crippen LogP contribution in [0.4, 0.5) is 0 Å². The summed E-state index contributed by atoms with van der Waals surface area (Å²) in [6, 6.07) is -0.646. The Morgan fingerprint density at radius 1 is 0.379 bits per heavy atom. The van der Waals surface area contributed by atoms with Gasteiger partial charge in [-0.3, -0.25) is 4.79 Å². The molecule has 0 heterocycles. The molecule has 370 valence electrons. The van der Waals surface area contributed by atoms with Crippen LogP contribution in [0.15, 0.2) is 158 Å². The second kappa shape index (κ2) is 55.3. The molecule has 2 unspecified atom stereocenters. The summed E-state index contributed by atoms with van der Waals surface area (Å²) >= 11 is 0. The molecule has 4 nitrogen and oxygen atoms in total. The van der Waals surface area contributed by atoms with Crippen molar-refractivity contribution in [1.82, 2.24) is 5.32 Å². The molecule has 0 aromatic heterocycles. The smallest absolute Gasteiger partial charge is 0.220 e. The predicted octanol–water partition coefficient (Wildman–Crippen LogP) is 17.8. The minimum atomic E-state index is -0.860. The van der Waals surface area contributed by atoms with E-state index in [1.165, 1.54) is 64.2 Å². The maximum Gasteiger partial charge on any atom is 0.220 e. The van der Waals surface area contributed by atoms with Gasteiger partial charge in [0.05, 0.1) is 18.8 Å². The van der Waals surface area contributed by atoms with Gasteiger partial charge in [0.15, 0.2) is 0 Å². The summed E-state index contributed by atoms with van der Waals surface area (Å²) in [6.07, 6.45) is 89.5. The summed E-state index contributed by atoms with van der Waals surface area (Å²) < 4.78 is 0. The zero-order valence-electron chi connectivity index (χ0n) is 42.4. The minimum Gasteiger partial charge on any atom is -0.394 e. The predicted molar refractivity (Wildman–Crippen MR) is 294 cm³/mol. The first-order chi connectivity index (χ1) is 32.7. The molecule has 2 atom stereocenters. The molecule has 1 amide bonds. The fourth-order valence-corrected chi connectivity index (χ4v) is 6.98. The monoisotopic (exact) mass is 906 g/mol. The summed E-state index contributed by atoms with van der Waals surface area (Å²) in [4.78, 5) is 12.4. The molecule has 4 heteroatoms. The Labute approximate surface area is 407 Å². The second-order valence-corrected chi connectivity index (χ2v) is 17.2. The van der Waals surface area contributed by atoms with E-state index in [0.29, 0.717) is 6.42 Å². The Hall–Kier alpha value is -3.99. The average Bonchev–Trinajstić information content (AvgIpc) is 3.32. The lowest BCUT2D eigenvalue weighted by atomic mass is 10.0. The number of carbonyl (C=O) groups is 1. The van der Waals surface area contributed by atoms with E-state index in [2.05, 4.69) is 165 Å². The van der Waals surface area contributed by atoms with Gasteiger partial charge in [0.25, 0.3) is 0 Å². The normalized spacial score (nSPS) is 14.2. The van der Waals surface area contributed by atoms with E-state index in [0.717, 1.165) is 122 Å². The van der Waals surface area contributed by atoms with Crippen LogP contribution in [0.25, 0.3) is 0 Å². The molecule has 0 saturated heterocycles. The lowest BCUT2D eigenvalue weighted by Gasteiger charge is -2.20. The number of carbonyl (C=O) groups excluding carboxylic acids is 1. The minimum absolute atomic E-state index is 0.0962. The third-order valence-corrected chi connectivity index (χ3v) is 11.0. The molecule has 0 saturated carbocycles. The molecule has 0 aliphatic heterocycles. The van der Waals surface area contributed by atoms with Crippen molar-refractivity contribution < 1.29 is 15.0 Å². The van der Waals surface area contributed by atoms with Crippen LogP contribution in [-0.4, -0.2) is 34.9 Å². The van der Waals surface area contributed by atoms with E-state index in [1.807, 2.05) is 6.08 Å². The average molecular weight is 906 g/mol. The van der Waals surface area contributed by atoms with Crippen LogP contribution in [0.2, 0.25) is 0 Å². The Kier molecular flexibility index (Phi) is 52.0. The molecule has 3 N–H and O–H groups in total. The molecule has 0 aliphatic carbocycles. The Bertz CT molecular complexity index is 1440. The van der Waals surface area contributed by atoms with E-state index in [-0.39, 0.29) is 12.5 Å². The van der Waals surface area contributed by atoms with Gasteiger partial charge in [-0.05, 0) is 109 Å². The highest BCUT2D eigenvalue weighted by Crippen LogP contribution is 2.13. The van der Waals surface area contributed by atoms with Gasteiger partial charge in [0.2, 0.25) is 5.91 Å². The number of aliphatic hydroxyl groups is 2. The standard InChI is InChI=1S/C62H99NO3/c1-3-5-7-9-11-13-15-17-18-19-20-21-22-23-24-25-26-27-28-29-30-31-32-33-34-35-36-37-38-39-40-41-42-43-44-46-48-50-52-54-56-58-62(66)63-60(59-64)61(65)57-55-53-51-49-47-45-16-14-12-10-8-6-4-2/h5,7,11,13,17-18,20-21,23-24,26-27,29-30,32-33,35-36,38-39,41-42,44,46,55,57,60-61,64-65H,3-4,6,8-10,12,14-16,19,22,25,28,31,34,37,40,43,45,47-54,56,58-59H2,1-2H3,(H,63,66)/b7-5-,13-11-,18-17-,21-20-,24-23-,27-26-,30-29-,33-32-,36-35-,39-38-,42-41-,46-44-,57-55+. The van der Waals surface area contributed by atoms with E-state index >= 15 is 0 Å². The fraction of sp³-hybridized carbons (Fsp3) is 0.565. The summed E-state index contributed by atoms with van der Waals surface area (Å²) in [5, 5.41) is 23.0. The van der Waals surface area contributed by atoms with Crippen LogP contribution in [0.1, 0.15) is 206 Å². The number of aliphatic hydroxyl groups excluding tert-OH is 2. The van der Waals surface area contributed by atoms with Crippen LogP contribution in [0.3, 0.4) is 0 Å². The zero-order chi connectivity index (χ0) is 47.7. The first-order valence-electron chi connectivity index (χ1n) is 26.7. The van der Waals surface area contributed by atoms with Crippen LogP contribution >= 0.6 is 0 Å². The second-order valence-electron chi connectivity index (χ2n) is 17.2.